The van der Waals surface area contributed by atoms with Gasteiger partial charge in [0.05, 0.1) is 0 Å². The van der Waals surface area contributed by atoms with Crippen LogP contribution in [0.2, 0.25) is 0 Å². The second-order valence-corrected chi connectivity index (χ2v) is 6.19. The van der Waals surface area contributed by atoms with Gasteiger partial charge < -0.3 is 20.7 Å². The molecule has 0 fully saturated rings. The van der Waals surface area contributed by atoms with Crippen LogP contribution in [0, 0.1) is 0 Å². The molecule has 1 rings (SSSR count). The predicted molar refractivity (Wildman–Crippen MR) is 91.0 cm³/mol. The van der Waals surface area contributed by atoms with Crippen LogP contribution in [0.1, 0.15) is 47.9 Å². The lowest BCUT2D eigenvalue weighted by Gasteiger charge is -2.19. The third-order valence-corrected chi connectivity index (χ3v) is 2.94. The zero-order chi connectivity index (χ0) is 18.2. The normalized spacial score (nSPS) is 10.7. The highest BCUT2D eigenvalue weighted by Crippen LogP contribution is 2.06. The molecule has 0 atom stereocenters. The second-order valence-electron chi connectivity index (χ2n) is 6.19. The quantitative estimate of drug-likeness (QED) is 0.689. The van der Waals surface area contributed by atoms with Crippen molar-refractivity contribution in [3.8, 4) is 0 Å². The highest BCUT2D eigenvalue weighted by Gasteiger charge is 2.15. The lowest BCUT2D eigenvalue weighted by atomic mass is 10.1. The summed E-state index contributed by atoms with van der Waals surface area (Å²) in [6, 6.07) is 6.38. The van der Waals surface area contributed by atoms with E-state index in [4.69, 9.17) is 4.74 Å². The highest BCUT2D eigenvalue weighted by molar-refractivity contribution is 5.97. The zero-order valence-electron chi connectivity index (χ0n) is 14.6. The van der Waals surface area contributed by atoms with Crippen LogP contribution < -0.4 is 16.0 Å². The maximum Gasteiger partial charge on any atom is 0.407 e. The molecule has 0 saturated heterocycles. The third-order valence-electron chi connectivity index (χ3n) is 2.94. The number of rotatable bonds is 6. The maximum absolute atomic E-state index is 12.0. The number of hydrogen-bond donors (Lipinski definition) is 3. The first-order valence-corrected chi connectivity index (χ1v) is 7.80. The summed E-state index contributed by atoms with van der Waals surface area (Å²) in [5, 5.41) is 7.89. The molecule has 0 spiro atoms. The smallest absolute Gasteiger partial charge is 0.407 e. The molecule has 3 N–H and O–H groups in total. The summed E-state index contributed by atoms with van der Waals surface area (Å²) in [5.41, 5.74) is 0.442. The van der Waals surface area contributed by atoms with Gasteiger partial charge in [0, 0.05) is 31.3 Å². The summed E-state index contributed by atoms with van der Waals surface area (Å²) >= 11 is 0. The summed E-state index contributed by atoms with van der Waals surface area (Å²) in [5.74, 6) is -0.425. The van der Waals surface area contributed by atoms with Crippen LogP contribution in [0.5, 0.6) is 0 Å². The number of carbonyl (C=O) groups excluding carboxylic acids is 3. The Hall–Kier alpha value is -2.57. The highest BCUT2D eigenvalue weighted by atomic mass is 16.6. The molecule has 7 heteroatoms. The van der Waals surface area contributed by atoms with Crippen LogP contribution in [0.4, 0.5) is 4.79 Å². The summed E-state index contributed by atoms with van der Waals surface area (Å²) in [7, 11) is 1.55. The van der Waals surface area contributed by atoms with E-state index in [1.807, 2.05) is 0 Å². The fourth-order valence-electron chi connectivity index (χ4n) is 1.81. The second kappa shape index (κ2) is 8.90. The predicted octanol–water partition coefficient (Wildman–Crippen LogP) is 1.69. The molecule has 0 aliphatic rings. The number of benzene rings is 1. The van der Waals surface area contributed by atoms with Gasteiger partial charge in [-0.15, -0.1) is 0 Å². The largest absolute Gasteiger partial charge is 0.444 e. The van der Waals surface area contributed by atoms with E-state index in [-0.39, 0.29) is 11.8 Å². The molecular weight excluding hydrogens is 310 g/mol. The van der Waals surface area contributed by atoms with E-state index >= 15 is 0 Å². The number of ether oxygens (including phenoxy) is 1. The number of alkyl carbamates (subject to hydrolysis) is 1. The van der Waals surface area contributed by atoms with Crippen LogP contribution in [0.3, 0.4) is 0 Å². The number of carbonyl (C=O) groups is 3. The van der Waals surface area contributed by atoms with Crippen LogP contribution in [-0.2, 0) is 4.74 Å². The van der Waals surface area contributed by atoms with Crippen molar-refractivity contribution in [2.45, 2.75) is 32.8 Å². The fraction of sp³-hybridized carbons (Fsp3) is 0.471. The van der Waals surface area contributed by atoms with Gasteiger partial charge in [0.15, 0.2) is 0 Å². The van der Waals surface area contributed by atoms with Gasteiger partial charge >= 0.3 is 6.09 Å². The van der Waals surface area contributed by atoms with E-state index in [2.05, 4.69) is 16.0 Å². The van der Waals surface area contributed by atoms with Gasteiger partial charge in [-0.1, -0.05) is 0 Å². The standard InChI is InChI=1S/C17H25N3O4/c1-17(2,3)24-16(23)20-11-5-10-19-15(22)13-8-6-12(7-9-13)14(21)18-4/h6-9H,5,10-11H2,1-4H3,(H,18,21)(H,19,22)(H,20,23). The molecule has 3 amide bonds. The van der Waals surface area contributed by atoms with Crippen molar-refractivity contribution < 1.29 is 19.1 Å². The molecule has 0 unspecified atom stereocenters. The Bertz CT molecular complexity index is 576. The molecule has 0 aromatic heterocycles. The van der Waals surface area contributed by atoms with Gasteiger partial charge in [-0.3, -0.25) is 9.59 Å². The summed E-state index contributed by atoms with van der Waals surface area (Å²) < 4.78 is 5.10. The molecule has 132 valence electrons. The molecular formula is C17H25N3O4. The number of amides is 3. The minimum Gasteiger partial charge on any atom is -0.444 e. The van der Waals surface area contributed by atoms with Gasteiger partial charge in [0.25, 0.3) is 11.8 Å². The van der Waals surface area contributed by atoms with Crippen molar-refractivity contribution in [1.29, 1.82) is 0 Å². The molecule has 0 aliphatic carbocycles. The number of nitrogens with one attached hydrogen (secondary N) is 3. The summed E-state index contributed by atoms with van der Waals surface area (Å²) in [6.45, 7) is 6.21. The van der Waals surface area contributed by atoms with E-state index in [9.17, 15) is 14.4 Å². The lowest BCUT2D eigenvalue weighted by Crippen LogP contribution is -2.34. The Balaban J connectivity index is 2.29. The molecule has 0 saturated carbocycles. The molecule has 0 bridgehead atoms. The Labute approximate surface area is 142 Å². The van der Waals surface area contributed by atoms with Gasteiger partial charge in [0.2, 0.25) is 0 Å². The van der Waals surface area contributed by atoms with Crippen molar-refractivity contribution in [3.63, 3.8) is 0 Å². The summed E-state index contributed by atoms with van der Waals surface area (Å²) in [6.07, 6.45) is 0.111. The first-order chi connectivity index (χ1) is 11.2. The average Bonchev–Trinajstić information content (AvgIpc) is 2.52. The average molecular weight is 335 g/mol. The molecule has 1 aromatic carbocycles. The van der Waals surface area contributed by atoms with Crippen LogP contribution in [0.25, 0.3) is 0 Å². The van der Waals surface area contributed by atoms with Crippen molar-refractivity contribution in [1.82, 2.24) is 16.0 Å². The van der Waals surface area contributed by atoms with E-state index in [0.717, 1.165) is 0 Å². The molecule has 24 heavy (non-hydrogen) atoms. The SMILES string of the molecule is CNC(=O)c1ccc(C(=O)NCCCNC(=O)OC(C)(C)C)cc1. The molecule has 0 aliphatic heterocycles. The zero-order valence-corrected chi connectivity index (χ0v) is 14.6. The molecule has 1 aromatic rings. The van der Waals surface area contributed by atoms with Gasteiger partial charge in [-0.05, 0) is 51.5 Å². The molecule has 0 heterocycles. The van der Waals surface area contributed by atoms with Crippen molar-refractivity contribution in [3.05, 3.63) is 35.4 Å². The van der Waals surface area contributed by atoms with Gasteiger partial charge in [-0.25, -0.2) is 4.79 Å². The minimum absolute atomic E-state index is 0.199. The van der Waals surface area contributed by atoms with Crippen molar-refractivity contribution in [2.75, 3.05) is 20.1 Å². The Morgan fingerprint density at radius 3 is 1.92 bits per heavy atom. The van der Waals surface area contributed by atoms with E-state index < -0.39 is 11.7 Å². The van der Waals surface area contributed by atoms with Crippen molar-refractivity contribution >= 4 is 17.9 Å². The fourth-order valence-corrected chi connectivity index (χ4v) is 1.81. The Morgan fingerprint density at radius 1 is 0.917 bits per heavy atom. The third kappa shape index (κ3) is 7.13. The Kier molecular flexibility index (Phi) is 7.23. The van der Waals surface area contributed by atoms with Crippen LogP contribution in [0.15, 0.2) is 24.3 Å². The van der Waals surface area contributed by atoms with E-state index in [1.165, 1.54) is 0 Å². The lowest BCUT2D eigenvalue weighted by molar-refractivity contribution is 0.0527. The molecule has 0 radical (unpaired) electrons. The molecule has 7 nitrogen and oxygen atoms in total. The van der Waals surface area contributed by atoms with Crippen molar-refractivity contribution in [2.24, 2.45) is 0 Å². The number of hydrogen-bond acceptors (Lipinski definition) is 4. The van der Waals surface area contributed by atoms with E-state index in [1.54, 1.807) is 52.1 Å². The van der Waals surface area contributed by atoms with Crippen LogP contribution >= 0.6 is 0 Å². The topological polar surface area (TPSA) is 96.5 Å². The monoisotopic (exact) mass is 335 g/mol. The Morgan fingerprint density at radius 2 is 1.42 bits per heavy atom. The van der Waals surface area contributed by atoms with Crippen LogP contribution in [-0.4, -0.2) is 43.6 Å². The van der Waals surface area contributed by atoms with Gasteiger partial charge in [0.1, 0.15) is 5.60 Å². The maximum atomic E-state index is 12.0. The summed E-state index contributed by atoms with van der Waals surface area (Å²) in [4.78, 5) is 34.8. The first kappa shape index (κ1) is 19.5. The minimum atomic E-state index is -0.529. The first-order valence-electron chi connectivity index (χ1n) is 7.80. The van der Waals surface area contributed by atoms with E-state index in [0.29, 0.717) is 30.6 Å². The van der Waals surface area contributed by atoms with Gasteiger partial charge in [-0.2, -0.15) is 0 Å².